The van der Waals surface area contributed by atoms with E-state index >= 15 is 0 Å². The fraction of sp³-hybridized carbons (Fsp3) is 0.435. The minimum atomic E-state index is -0.878. The van der Waals surface area contributed by atoms with Crippen LogP contribution in [0, 0.1) is 0 Å². The summed E-state index contributed by atoms with van der Waals surface area (Å²) in [6, 6.07) is 18.2. The first-order valence-corrected chi connectivity index (χ1v) is 11.7. The molecule has 0 spiro atoms. The van der Waals surface area contributed by atoms with Crippen molar-refractivity contribution in [2.45, 2.75) is 31.9 Å². The smallest absolute Gasteiger partial charge is 0.191 e. The first kappa shape index (κ1) is 22.9. The van der Waals surface area contributed by atoms with Crippen molar-refractivity contribution in [3.63, 3.8) is 0 Å². The van der Waals surface area contributed by atoms with Gasteiger partial charge in [-0.15, -0.1) is 0 Å². The molecule has 2 aromatic carbocycles. The van der Waals surface area contributed by atoms with E-state index in [1.54, 1.807) is 7.11 Å². The van der Waals surface area contributed by atoms with Gasteiger partial charge in [-0.3, -0.25) is 9.20 Å². The van der Waals surface area contributed by atoms with E-state index in [-0.39, 0.29) is 0 Å². The summed E-state index contributed by atoms with van der Waals surface area (Å²) in [5, 5.41) is 6.54. The average molecular weight is 416 g/mol. The summed E-state index contributed by atoms with van der Waals surface area (Å²) in [4.78, 5) is 4.63. The minimum absolute atomic E-state index is 0.599. The molecule has 2 N–H and O–H groups in total. The maximum Gasteiger partial charge on any atom is 0.191 e. The Morgan fingerprint density at radius 1 is 1.00 bits per heavy atom. The zero-order valence-electron chi connectivity index (χ0n) is 17.5. The lowest BCUT2D eigenvalue weighted by molar-refractivity contribution is 0.414. The van der Waals surface area contributed by atoms with E-state index < -0.39 is 10.8 Å². The molecule has 0 aliphatic rings. The average Bonchev–Trinajstić information content (AvgIpc) is 2.74. The molecule has 5 nitrogen and oxygen atoms in total. The largest absolute Gasteiger partial charge is 0.497 e. The van der Waals surface area contributed by atoms with Gasteiger partial charge in [0, 0.05) is 41.9 Å². The Kier molecular flexibility index (Phi) is 10.9. The number of nitrogens with one attached hydrogen (secondary N) is 2. The number of benzene rings is 2. The molecule has 0 bridgehead atoms. The zero-order valence-corrected chi connectivity index (χ0v) is 18.3. The molecule has 0 aliphatic heterocycles. The summed E-state index contributed by atoms with van der Waals surface area (Å²) in [6.45, 7) is 4.29. The highest BCUT2D eigenvalue weighted by Gasteiger charge is 2.03. The van der Waals surface area contributed by atoms with Crippen LogP contribution in [0.1, 0.15) is 30.9 Å². The molecular weight excluding hydrogens is 382 g/mol. The van der Waals surface area contributed by atoms with Crippen molar-refractivity contribution < 1.29 is 8.95 Å². The first-order chi connectivity index (χ1) is 14.2. The molecule has 0 aromatic heterocycles. The molecule has 0 saturated carbocycles. The van der Waals surface area contributed by atoms with E-state index in [1.165, 1.54) is 5.56 Å². The van der Waals surface area contributed by atoms with Crippen LogP contribution in [0.15, 0.2) is 59.6 Å². The van der Waals surface area contributed by atoms with Crippen LogP contribution in [0.4, 0.5) is 0 Å². The van der Waals surface area contributed by atoms with Crippen molar-refractivity contribution in [3.05, 3.63) is 65.7 Å². The van der Waals surface area contributed by atoms with Crippen molar-refractivity contribution in [2.24, 2.45) is 4.99 Å². The molecule has 0 radical (unpaired) electrons. The van der Waals surface area contributed by atoms with Gasteiger partial charge in [0.1, 0.15) is 5.75 Å². The highest BCUT2D eigenvalue weighted by atomic mass is 32.2. The summed E-state index contributed by atoms with van der Waals surface area (Å²) in [7, 11) is 0.806. The topological polar surface area (TPSA) is 62.7 Å². The summed E-state index contributed by atoms with van der Waals surface area (Å²) in [5.41, 5.74) is 2.43. The number of nitrogens with zero attached hydrogens (tertiary/aromatic N) is 1. The maximum absolute atomic E-state index is 12.2. The molecule has 0 saturated heterocycles. The zero-order chi connectivity index (χ0) is 20.7. The molecule has 0 aliphatic carbocycles. The van der Waals surface area contributed by atoms with Crippen molar-refractivity contribution in [3.8, 4) is 5.75 Å². The molecule has 29 heavy (non-hydrogen) atoms. The monoisotopic (exact) mass is 415 g/mol. The minimum Gasteiger partial charge on any atom is -0.497 e. The van der Waals surface area contributed by atoms with Gasteiger partial charge in [0.25, 0.3) is 0 Å². The van der Waals surface area contributed by atoms with Crippen LogP contribution in [0.2, 0.25) is 0 Å². The van der Waals surface area contributed by atoms with E-state index in [9.17, 15) is 4.21 Å². The van der Waals surface area contributed by atoms with Crippen molar-refractivity contribution in [2.75, 3.05) is 32.5 Å². The van der Waals surface area contributed by atoms with Gasteiger partial charge in [-0.25, -0.2) is 0 Å². The molecule has 1 unspecified atom stereocenters. The normalized spacial score (nSPS) is 12.4. The molecule has 0 fully saturated rings. The van der Waals surface area contributed by atoms with Crippen LogP contribution < -0.4 is 15.4 Å². The number of guanidine groups is 1. The third-order valence-electron chi connectivity index (χ3n) is 4.44. The van der Waals surface area contributed by atoms with Gasteiger partial charge in [0.15, 0.2) is 5.96 Å². The lowest BCUT2D eigenvalue weighted by Crippen LogP contribution is -2.39. The van der Waals surface area contributed by atoms with Crippen LogP contribution in [0.3, 0.4) is 0 Å². The van der Waals surface area contributed by atoms with E-state index in [1.807, 2.05) is 42.5 Å². The van der Waals surface area contributed by atoms with Crippen LogP contribution in [0.25, 0.3) is 0 Å². The van der Waals surface area contributed by atoms with Gasteiger partial charge in [-0.2, -0.15) is 0 Å². The quantitative estimate of drug-likeness (QED) is 0.316. The highest BCUT2D eigenvalue weighted by molar-refractivity contribution is 7.84. The fourth-order valence-electron chi connectivity index (χ4n) is 2.88. The number of aryl methyl sites for hydroxylation is 1. The second-order valence-electron chi connectivity index (χ2n) is 6.77. The number of unbranched alkanes of at least 4 members (excludes halogenated alkanes) is 1. The van der Waals surface area contributed by atoms with Crippen molar-refractivity contribution in [1.29, 1.82) is 0 Å². The Hall–Kier alpha value is -2.34. The van der Waals surface area contributed by atoms with Crippen LogP contribution >= 0.6 is 0 Å². The third kappa shape index (κ3) is 9.61. The van der Waals surface area contributed by atoms with Gasteiger partial charge in [-0.1, -0.05) is 42.5 Å². The number of rotatable bonds is 12. The van der Waals surface area contributed by atoms with Gasteiger partial charge in [0.05, 0.1) is 7.11 Å². The molecule has 0 heterocycles. The van der Waals surface area contributed by atoms with Crippen molar-refractivity contribution >= 4 is 16.8 Å². The van der Waals surface area contributed by atoms with Gasteiger partial charge in [-0.05, 0) is 49.4 Å². The first-order valence-electron chi connectivity index (χ1n) is 10.2. The lowest BCUT2D eigenvalue weighted by Gasteiger charge is -2.11. The van der Waals surface area contributed by atoms with Crippen LogP contribution in [-0.2, 0) is 23.0 Å². The van der Waals surface area contributed by atoms with Gasteiger partial charge >= 0.3 is 0 Å². The molecule has 0 amide bonds. The van der Waals surface area contributed by atoms with E-state index in [4.69, 9.17) is 4.74 Å². The fourth-order valence-corrected chi connectivity index (χ4v) is 3.92. The molecule has 6 heteroatoms. The van der Waals surface area contributed by atoms with Crippen LogP contribution in [0.5, 0.6) is 5.75 Å². The summed E-state index contributed by atoms with van der Waals surface area (Å²) >= 11 is 0. The van der Waals surface area contributed by atoms with Gasteiger partial charge < -0.3 is 15.4 Å². The summed E-state index contributed by atoms with van der Waals surface area (Å²) in [5.74, 6) is 2.90. The number of methoxy groups -OCH3 is 1. The second kappa shape index (κ2) is 13.8. The molecule has 2 rings (SSSR count). The predicted molar refractivity (Wildman–Crippen MR) is 123 cm³/mol. The number of aliphatic imine (C=N–C) groups is 1. The third-order valence-corrected chi connectivity index (χ3v) is 5.75. The summed E-state index contributed by atoms with van der Waals surface area (Å²) in [6.07, 6.45) is 3.17. The van der Waals surface area contributed by atoms with Crippen molar-refractivity contribution in [1.82, 2.24) is 10.6 Å². The number of hydrogen-bond donors (Lipinski definition) is 2. The maximum atomic E-state index is 12.2. The Bertz CT molecular complexity index is 748. The number of hydrogen-bond acceptors (Lipinski definition) is 3. The Morgan fingerprint density at radius 3 is 2.45 bits per heavy atom. The van der Waals surface area contributed by atoms with E-state index in [2.05, 4.69) is 34.7 Å². The lowest BCUT2D eigenvalue weighted by atomic mass is 10.1. The van der Waals surface area contributed by atoms with E-state index in [0.717, 1.165) is 49.6 Å². The number of ether oxygens (including phenoxy) is 1. The molecule has 2 aromatic rings. The Labute approximate surface area is 177 Å². The molecule has 158 valence electrons. The standard InChI is InChI=1S/C23H33N3O2S/c1-3-24-23(26-17-18-29(27)19-21-10-5-4-6-11-21)25-16-8-7-9-20-12-14-22(28-2)15-13-20/h4-6,10-15H,3,7-9,16-19H2,1-2H3,(H2,24,25,26). The van der Waals surface area contributed by atoms with Gasteiger partial charge in [0.2, 0.25) is 0 Å². The second-order valence-corrected chi connectivity index (χ2v) is 8.34. The predicted octanol–water partition coefficient (Wildman–Crippen LogP) is 3.52. The Balaban J connectivity index is 1.65. The Morgan fingerprint density at radius 2 is 1.76 bits per heavy atom. The molecular formula is C23H33N3O2S. The SMILES string of the molecule is CCNC(=NCCCCc1ccc(OC)cc1)NCCS(=O)Cc1ccccc1. The van der Waals surface area contributed by atoms with Crippen LogP contribution in [-0.4, -0.2) is 42.7 Å². The summed E-state index contributed by atoms with van der Waals surface area (Å²) < 4.78 is 17.4. The molecule has 1 atom stereocenters. The highest BCUT2D eigenvalue weighted by Crippen LogP contribution is 2.13. The van der Waals surface area contributed by atoms with E-state index in [0.29, 0.717) is 18.1 Å².